The van der Waals surface area contributed by atoms with Crippen LogP contribution in [0.3, 0.4) is 0 Å². The maximum absolute atomic E-state index is 13.7. The highest BCUT2D eigenvalue weighted by atomic mass is 79.9. The number of anilines is 1. The van der Waals surface area contributed by atoms with Gasteiger partial charge in [-0.05, 0) is 52.7 Å². The lowest BCUT2D eigenvalue weighted by molar-refractivity contribution is 0.1000. The predicted octanol–water partition coefficient (Wildman–Crippen LogP) is 3.61. The number of hydrogen-bond acceptors (Lipinski definition) is 2. The Labute approximate surface area is 125 Å². The molecule has 3 nitrogen and oxygen atoms in total. The smallest absolute Gasteiger partial charge is 0.248 e. The molecule has 20 heavy (non-hydrogen) atoms. The maximum atomic E-state index is 13.7. The molecule has 2 aromatic carbocycles. The fourth-order valence-corrected chi connectivity index (χ4v) is 2.24. The Balaban J connectivity index is 2.20. The first-order valence-corrected chi connectivity index (χ1v) is 6.85. The number of nitrogens with two attached hydrogens (primary N) is 1. The van der Waals surface area contributed by atoms with Gasteiger partial charge in [0.05, 0.1) is 0 Å². The van der Waals surface area contributed by atoms with E-state index in [4.69, 9.17) is 5.73 Å². The Morgan fingerprint density at radius 1 is 1.35 bits per heavy atom. The molecule has 0 saturated carbocycles. The Hall–Kier alpha value is -1.88. The second-order valence-electron chi connectivity index (χ2n) is 4.46. The fraction of sp³-hybridized carbons (Fsp3) is 0.133. The third-order valence-electron chi connectivity index (χ3n) is 2.99. The molecule has 0 aromatic heterocycles. The Morgan fingerprint density at radius 2 is 2.10 bits per heavy atom. The topological polar surface area (TPSA) is 55.1 Å². The first kappa shape index (κ1) is 14.5. The largest absolute Gasteiger partial charge is 0.380 e. The van der Waals surface area contributed by atoms with E-state index in [-0.39, 0.29) is 12.4 Å². The van der Waals surface area contributed by atoms with Gasteiger partial charge in [0.2, 0.25) is 5.91 Å². The monoisotopic (exact) mass is 336 g/mol. The van der Waals surface area contributed by atoms with Gasteiger partial charge < -0.3 is 11.1 Å². The van der Waals surface area contributed by atoms with Crippen LogP contribution in [-0.4, -0.2) is 5.91 Å². The van der Waals surface area contributed by atoms with Crippen molar-refractivity contribution >= 4 is 27.5 Å². The summed E-state index contributed by atoms with van der Waals surface area (Å²) in [6.07, 6.45) is 0. The summed E-state index contributed by atoms with van der Waals surface area (Å²) in [6.45, 7) is 2.25. The predicted molar refractivity (Wildman–Crippen MR) is 81.1 cm³/mol. The highest BCUT2D eigenvalue weighted by Crippen LogP contribution is 2.26. The molecule has 2 aromatic rings. The van der Waals surface area contributed by atoms with Crippen molar-refractivity contribution in [2.24, 2.45) is 5.73 Å². The summed E-state index contributed by atoms with van der Waals surface area (Å²) in [5, 5.41) is 3.14. The minimum absolute atomic E-state index is 0.273. The van der Waals surface area contributed by atoms with Crippen molar-refractivity contribution in [2.45, 2.75) is 13.5 Å². The lowest BCUT2D eigenvalue weighted by Gasteiger charge is -2.11. The van der Waals surface area contributed by atoms with Crippen molar-refractivity contribution in [3.05, 3.63) is 63.4 Å². The molecule has 2 rings (SSSR count). The summed E-state index contributed by atoms with van der Waals surface area (Å²) < 4.78 is 14.6. The molecule has 0 unspecified atom stereocenters. The zero-order chi connectivity index (χ0) is 14.7. The van der Waals surface area contributed by atoms with E-state index in [9.17, 15) is 9.18 Å². The van der Waals surface area contributed by atoms with Gasteiger partial charge in [-0.1, -0.05) is 12.1 Å². The molecule has 0 atom stereocenters. The average molecular weight is 337 g/mol. The van der Waals surface area contributed by atoms with Gasteiger partial charge in [0.25, 0.3) is 0 Å². The van der Waals surface area contributed by atoms with Crippen LogP contribution in [0.5, 0.6) is 0 Å². The van der Waals surface area contributed by atoms with Crippen LogP contribution in [0.2, 0.25) is 0 Å². The van der Waals surface area contributed by atoms with E-state index >= 15 is 0 Å². The molecule has 5 heteroatoms. The van der Waals surface area contributed by atoms with Crippen LogP contribution in [0, 0.1) is 12.7 Å². The number of nitrogens with one attached hydrogen (secondary N) is 1. The average Bonchev–Trinajstić information content (AvgIpc) is 2.41. The van der Waals surface area contributed by atoms with Gasteiger partial charge in [-0.3, -0.25) is 4.79 Å². The molecule has 0 aliphatic carbocycles. The van der Waals surface area contributed by atoms with E-state index in [0.29, 0.717) is 11.1 Å². The van der Waals surface area contributed by atoms with Crippen molar-refractivity contribution in [1.82, 2.24) is 0 Å². The van der Waals surface area contributed by atoms with Crippen molar-refractivity contribution < 1.29 is 9.18 Å². The van der Waals surface area contributed by atoms with Gasteiger partial charge >= 0.3 is 0 Å². The van der Waals surface area contributed by atoms with Gasteiger partial charge in [0, 0.05) is 27.8 Å². The fourth-order valence-electron chi connectivity index (χ4n) is 1.84. The molecule has 0 aliphatic heterocycles. The zero-order valence-electron chi connectivity index (χ0n) is 10.9. The minimum atomic E-state index is -0.567. The first-order chi connectivity index (χ1) is 9.49. The van der Waals surface area contributed by atoms with Crippen molar-refractivity contribution in [2.75, 3.05) is 5.32 Å². The standard InChI is InChI=1S/C15H14BrFN2O/c1-9-3-2-4-13(14(9)16)19-8-11-7-10(15(18)20)5-6-12(11)17/h2-7,19H,8H2,1H3,(H2,18,20). The number of hydrogen-bond donors (Lipinski definition) is 2. The number of benzene rings is 2. The second kappa shape index (κ2) is 6.05. The summed E-state index contributed by atoms with van der Waals surface area (Å²) in [7, 11) is 0. The number of amides is 1. The molecule has 0 fully saturated rings. The van der Waals surface area contributed by atoms with Gasteiger partial charge in [0.15, 0.2) is 0 Å². The normalized spacial score (nSPS) is 10.3. The van der Waals surface area contributed by atoms with Crippen LogP contribution in [0.1, 0.15) is 21.5 Å². The van der Waals surface area contributed by atoms with Crippen LogP contribution < -0.4 is 11.1 Å². The molecule has 0 spiro atoms. The summed E-state index contributed by atoms with van der Waals surface area (Å²) in [5.41, 5.74) is 7.84. The highest BCUT2D eigenvalue weighted by molar-refractivity contribution is 9.10. The van der Waals surface area contributed by atoms with Crippen molar-refractivity contribution in [1.29, 1.82) is 0 Å². The second-order valence-corrected chi connectivity index (χ2v) is 5.25. The van der Waals surface area contributed by atoms with E-state index in [0.717, 1.165) is 15.7 Å². The lowest BCUT2D eigenvalue weighted by Crippen LogP contribution is -2.12. The lowest BCUT2D eigenvalue weighted by atomic mass is 10.1. The number of halogens is 2. The van der Waals surface area contributed by atoms with E-state index in [1.165, 1.54) is 18.2 Å². The summed E-state index contributed by atoms with van der Waals surface area (Å²) in [5.74, 6) is -0.936. The minimum Gasteiger partial charge on any atom is -0.380 e. The van der Waals surface area contributed by atoms with Crippen molar-refractivity contribution in [3.8, 4) is 0 Å². The van der Waals surface area contributed by atoms with Crippen LogP contribution in [0.15, 0.2) is 40.9 Å². The third-order valence-corrected chi connectivity index (χ3v) is 4.04. The maximum Gasteiger partial charge on any atom is 0.248 e. The summed E-state index contributed by atoms with van der Waals surface area (Å²) >= 11 is 3.48. The van der Waals surface area contributed by atoms with Crippen LogP contribution >= 0.6 is 15.9 Å². The van der Waals surface area contributed by atoms with Gasteiger partial charge in [-0.2, -0.15) is 0 Å². The van der Waals surface area contributed by atoms with E-state index in [1.807, 2.05) is 25.1 Å². The SMILES string of the molecule is Cc1cccc(NCc2cc(C(N)=O)ccc2F)c1Br. The third kappa shape index (κ3) is 3.17. The quantitative estimate of drug-likeness (QED) is 0.896. The molecular weight excluding hydrogens is 323 g/mol. The molecular formula is C15H14BrFN2O. The van der Waals surface area contributed by atoms with Crippen molar-refractivity contribution in [3.63, 3.8) is 0 Å². The highest BCUT2D eigenvalue weighted by Gasteiger charge is 2.08. The number of carbonyl (C=O) groups excluding carboxylic acids is 1. The molecule has 0 radical (unpaired) electrons. The summed E-state index contributed by atoms with van der Waals surface area (Å²) in [4.78, 5) is 11.1. The van der Waals surface area contributed by atoms with E-state index in [2.05, 4.69) is 21.2 Å². The molecule has 104 valence electrons. The van der Waals surface area contributed by atoms with Crippen LogP contribution in [0.4, 0.5) is 10.1 Å². The Kier molecular flexibility index (Phi) is 4.39. The van der Waals surface area contributed by atoms with Crippen LogP contribution in [-0.2, 0) is 6.54 Å². The van der Waals surface area contributed by atoms with Crippen LogP contribution in [0.25, 0.3) is 0 Å². The number of carbonyl (C=O) groups is 1. The Morgan fingerprint density at radius 3 is 2.80 bits per heavy atom. The molecule has 0 heterocycles. The number of aryl methyl sites for hydroxylation is 1. The van der Waals surface area contributed by atoms with Gasteiger partial charge in [0.1, 0.15) is 5.82 Å². The van der Waals surface area contributed by atoms with E-state index in [1.54, 1.807) is 0 Å². The molecule has 3 N–H and O–H groups in total. The zero-order valence-corrected chi connectivity index (χ0v) is 12.5. The summed E-state index contributed by atoms with van der Waals surface area (Å²) in [6, 6.07) is 9.88. The Bertz CT molecular complexity index is 658. The number of rotatable bonds is 4. The molecule has 0 aliphatic rings. The number of primary amides is 1. The van der Waals surface area contributed by atoms with E-state index < -0.39 is 5.91 Å². The van der Waals surface area contributed by atoms with Gasteiger partial charge in [-0.15, -0.1) is 0 Å². The molecule has 0 saturated heterocycles. The molecule has 0 bridgehead atoms. The first-order valence-electron chi connectivity index (χ1n) is 6.06. The molecule has 1 amide bonds. The van der Waals surface area contributed by atoms with Gasteiger partial charge in [-0.25, -0.2) is 4.39 Å².